The topological polar surface area (TPSA) is 78.7 Å². The molecule has 4 aromatic rings. The van der Waals surface area contributed by atoms with Crippen LogP contribution in [0.25, 0.3) is 21.2 Å². The quantitative estimate of drug-likeness (QED) is 0.457. The van der Waals surface area contributed by atoms with E-state index in [0.29, 0.717) is 12.1 Å². The molecule has 8 heteroatoms. The van der Waals surface area contributed by atoms with Crippen LogP contribution in [-0.2, 0) is 0 Å². The molecule has 0 unspecified atom stereocenters. The molecule has 0 aliphatic carbocycles. The summed E-state index contributed by atoms with van der Waals surface area (Å²) in [5.41, 5.74) is 3.55. The van der Waals surface area contributed by atoms with Crippen molar-refractivity contribution in [1.82, 2.24) is 15.2 Å². The first-order valence-corrected chi connectivity index (χ1v) is 12.0. The number of piperazine rings is 1. The predicted octanol–water partition coefficient (Wildman–Crippen LogP) is 3.57. The zero-order chi connectivity index (χ0) is 22.9. The largest absolute Gasteiger partial charge is 0.422 e. The van der Waals surface area contributed by atoms with Crippen LogP contribution in [0.4, 0.5) is 5.13 Å². The Hall–Kier alpha value is -3.23. The van der Waals surface area contributed by atoms with E-state index in [2.05, 4.69) is 41.1 Å². The van der Waals surface area contributed by atoms with Gasteiger partial charge in [0.15, 0.2) is 5.13 Å². The molecule has 1 amide bonds. The average Bonchev–Trinajstić information content (AvgIpc) is 3.26. The number of carbonyl (C=O) groups is 1. The van der Waals surface area contributed by atoms with Crippen LogP contribution in [0.15, 0.2) is 51.7 Å². The van der Waals surface area contributed by atoms with Crippen molar-refractivity contribution >= 4 is 43.6 Å². The molecule has 0 atom stereocenters. The predicted molar refractivity (Wildman–Crippen MR) is 133 cm³/mol. The standard InChI is InChI=1S/C25H26N4O3S/c1-16-7-8-21-22(17(16)2)27-25(33-21)29-13-11-28(12-14-29)10-9-26-23(30)19-15-18-5-3-4-6-20(18)32-24(19)31/h3-8,15H,9-14H2,1-2H3,(H,26,30). The summed E-state index contributed by atoms with van der Waals surface area (Å²) in [6.07, 6.45) is 0. The number of rotatable bonds is 5. The third kappa shape index (κ3) is 4.36. The minimum atomic E-state index is -0.610. The Bertz CT molecular complexity index is 1390. The number of aromatic nitrogens is 1. The summed E-state index contributed by atoms with van der Waals surface area (Å²) in [7, 11) is 0. The van der Waals surface area contributed by atoms with Crippen LogP contribution >= 0.6 is 11.3 Å². The van der Waals surface area contributed by atoms with Crippen LogP contribution in [0.2, 0.25) is 0 Å². The van der Waals surface area contributed by atoms with Gasteiger partial charge < -0.3 is 14.6 Å². The van der Waals surface area contributed by atoms with Crippen molar-refractivity contribution < 1.29 is 9.21 Å². The zero-order valence-corrected chi connectivity index (χ0v) is 19.6. The van der Waals surface area contributed by atoms with Gasteiger partial charge in [-0.1, -0.05) is 35.6 Å². The summed E-state index contributed by atoms with van der Waals surface area (Å²) < 4.78 is 6.50. The Morgan fingerprint density at radius 3 is 2.73 bits per heavy atom. The van der Waals surface area contributed by atoms with Crippen LogP contribution in [0.3, 0.4) is 0 Å². The van der Waals surface area contributed by atoms with Crippen molar-refractivity contribution in [1.29, 1.82) is 0 Å². The molecule has 1 N–H and O–H groups in total. The number of thiazole rings is 1. The number of para-hydroxylation sites is 1. The van der Waals surface area contributed by atoms with E-state index in [4.69, 9.17) is 9.40 Å². The van der Waals surface area contributed by atoms with Gasteiger partial charge in [0.05, 0.1) is 10.2 Å². The Balaban J connectivity index is 1.15. The molecule has 0 spiro atoms. The van der Waals surface area contributed by atoms with Crippen LogP contribution < -0.4 is 15.8 Å². The van der Waals surface area contributed by atoms with Crippen molar-refractivity contribution in [2.75, 3.05) is 44.2 Å². The highest BCUT2D eigenvalue weighted by atomic mass is 32.1. The molecule has 0 radical (unpaired) electrons. The molecule has 1 aliphatic heterocycles. The average molecular weight is 463 g/mol. The normalized spacial score (nSPS) is 14.8. The summed E-state index contributed by atoms with van der Waals surface area (Å²) in [6, 6.07) is 13.1. The van der Waals surface area contributed by atoms with E-state index in [1.54, 1.807) is 29.5 Å². The molecule has 1 aliphatic rings. The van der Waals surface area contributed by atoms with Crippen molar-refractivity contribution in [2.24, 2.45) is 0 Å². The lowest BCUT2D eigenvalue weighted by Crippen LogP contribution is -2.48. The van der Waals surface area contributed by atoms with Crippen LogP contribution in [0.5, 0.6) is 0 Å². The molecule has 7 nitrogen and oxygen atoms in total. The zero-order valence-electron chi connectivity index (χ0n) is 18.8. The second-order valence-corrected chi connectivity index (χ2v) is 9.43. The Morgan fingerprint density at radius 2 is 1.91 bits per heavy atom. The molecule has 2 aromatic heterocycles. The molecule has 1 saturated heterocycles. The first-order valence-electron chi connectivity index (χ1n) is 11.1. The van der Waals surface area contributed by atoms with Crippen LogP contribution in [-0.4, -0.2) is 55.1 Å². The number of anilines is 1. The number of fused-ring (bicyclic) bond motifs is 2. The molecule has 33 heavy (non-hydrogen) atoms. The van der Waals surface area contributed by atoms with Crippen molar-refractivity contribution in [3.63, 3.8) is 0 Å². The number of hydrogen-bond acceptors (Lipinski definition) is 7. The fourth-order valence-electron chi connectivity index (χ4n) is 4.16. The van der Waals surface area contributed by atoms with Crippen molar-refractivity contribution in [3.8, 4) is 0 Å². The monoisotopic (exact) mass is 462 g/mol. The lowest BCUT2D eigenvalue weighted by Gasteiger charge is -2.34. The van der Waals surface area contributed by atoms with Gasteiger partial charge in [0.25, 0.3) is 5.91 Å². The van der Waals surface area contributed by atoms with Crippen LogP contribution in [0, 0.1) is 13.8 Å². The van der Waals surface area contributed by atoms with Gasteiger partial charge in [0, 0.05) is 44.7 Å². The first kappa shape index (κ1) is 21.6. The maximum Gasteiger partial charge on any atom is 0.349 e. The highest BCUT2D eigenvalue weighted by Crippen LogP contribution is 2.32. The first-order chi connectivity index (χ1) is 16.0. The molecule has 5 rings (SSSR count). The number of aryl methyl sites for hydroxylation is 2. The highest BCUT2D eigenvalue weighted by Gasteiger charge is 2.21. The van der Waals surface area contributed by atoms with Gasteiger partial charge in [-0.3, -0.25) is 9.69 Å². The molecular formula is C25H26N4O3S. The van der Waals surface area contributed by atoms with E-state index in [-0.39, 0.29) is 5.56 Å². The molecule has 2 aromatic carbocycles. The number of amides is 1. The number of carbonyl (C=O) groups excluding carboxylic acids is 1. The highest BCUT2D eigenvalue weighted by molar-refractivity contribution is 7.22. The van der Waals surface area contributed by atoms with E-state index in [1.807, 2.05) is 12.1 Å². The fourth-order valence-corrected chi connectivity index (χ4v) is 5.23. The fraction of sp³-hybridized carbons (Fsp3) is 0.320. The van der Waals surface area contributed by atoms with Gasteiger partial charge in [-0.15, -0.1) is 0 Å². The lowest BCUT2D eigenvalue weighted by molar-refractivity contribution is 0.0944. The molecule has 3 heterocycles. The SMILES string of the molecule is Cc1ccc2sc(N3CCN(CCNC(=O)c4cc5ccccc5oc4=O)CC3)nc2c1C. The van der Waals surface area contributed by atoms with E-state index < -0.39 is 11.5 Å². The van der Waals surface area contributed by atoms with Gasteiger partial charge >= 0.3 is 5.63 Å². The summed E-state index contributed by atoms with van der Waals surface area (Å²) in [5.74, 6) is -0.395. The van der Waals surface area contributed by atoms with Gasteiger partial charge in [0.2, 0.25) is 0 Å². The summed E-state index contributed by atoms with van der Waals surface area (Å²) >= 11 is 1.75. The molecular weight excluding hydrogens is 436 g/mol. The Kier molecular flexibility index (Phi) is 5.86. The maximum absolute atomic E-state index is 12.5. The summed E-state index contributed by atoms with van der Waals surface area (Å²) in [6.45, 7) is 9.08. The second-order valence-electron chi connectivity index (χ2n) is 8.42. The number of nitrogens with zero attached hydrogens (tertiary/aromatic N) is 3. The lowest BCUT2D eigenvalue weighted by atomic mass is 10.1. The second kappa shape index (κ2) is 8.96. The molecule has 0 bridgehead atoms. The Morgan fingerprint density at radius 1 is 1.12 bits per heavy atom. The van der Waals surface area contributed by atoms with Gasteiger partial charge in [-0.05, 0) is 43.2 Å². The molecule has 170 valence electrons. The minimum absolute atomic E-state index is 0.0416. The van der Waals surface area contributed by atoms with Gasteiger partial charge in [-0.25, -0.2) is 9.78 Å². The number of nitrogens with one attached hydrogen (secondary N) is 1. The smallest absolute Gasteiger partial charge is 0.349 e. The Labute approximate surface area is 195 Å². The van der Waals surface area contributed by atoms with E-state index in [0.717, 1.165) is 48.8 Å². The van der Waals surface area contributed by atoms with Crippen LogP contribution in [0.1, 0.15) is 21.5 Å². The van der Waals surface area contributed by atoms with Crippen molar-refractivity contribution in [2.45, 2.75) is 13.8 Å². The van der Waals surface area contributed by atoms with Gasteiger partial charge in [-0.2, -0.15) is 0 Å². The summed E-state index contributed by atoms with van der Waals surface area (Å²) in [5, 5.41) is 4.67. The minimum Gasteiger partial charge on any atom is -0.422 e. The van der Waals surface area contributed by atoms with E-state index in [9.17, 15) is 9.59 Å². The van der Waals surface area contributed by atoms with E-state index in [1.165, 1.54) is 15.8 Å². The molecule has 1 fully saturated rings. The number of benzene rings is 2. The molecule has 0 saturated carbocycles. The third-order valence-corrected chi connectivity index (χ3v) is 7.40. The maximum atomic E-state index is 12.5. The third-order valence-electron chi connectivity index (χ3n) is 6.32. The van der Waals surface area contributed by atoms with Gasteiger partial charge in [0.1, 0.15) is 11.1 Å². The summed E-state index contributed by atoms with van der Waals surface area (Å²) in [4.78, 5) is 34.3. The number of hydrogen-bond donors (Lipinski definition) is 1. The van der Waals surface area contributed by atoms with Crippen molar-refractivity contribution in [3.05, 3.63) is 69.6 Å². The van der Waals surface area contributed by atoms with E-state index >= 15 is 0 Å².